The molecule has 0 saturated heterocycles. The lowest BCUT2D eigenvalue weighted by molar-refractivity contribution is 0.297. The Morgan fingerprint density at radius 3 is 2.80 bits per heavy atom. The molecule has 0 aliphatic heterocycles. The fraction of sp³-hybridized carbons (Fsp3) is 0.467. The Balaban J connectivity index is 1.89. The highest BCUT2D eigenvalue weighted by Gasteiger charge is 2.05. The van der Waals surface area contributed by atoms with Crippen molar-refractivity contribution < 1.29 is 4.74 Å². The van der Waals surface area contributed by atoms with Crippen molar-refractivity contribution in [2.45, 2.75) is 39.3 Å². The van der Waals surface area contributed by atoms with E-state index in [4.69, 9.17) is 10.5 Å². The summed E-state index contributed by atoms with van der Waals surface area (Å²) >= 11 is 0. The van der Waals surface area contributed by atoms with Gasteiger partial charge in [-0.1, -0.05) is 6.92 Å². The molecule has 2 heterocycles. The molecule has 0 bridgehead atoms. The summed E-state index contributed by atoms with van der Waals surface area (Å²) in [5.41, 5.74) is 7.40. The van der Waals surface area contributed by atoms with E-state index in [2.05, 4.69) is 23.9 Å². The van der Waals surface area contributed by atoms with Crippen molar-refractivity contribution in [1.29, 1.82) is 0 Å². The summed E-state index contributed by atoms with van der Waals surface area (Å²) in [7, 11) is 0. The Kier molecular flexibility index (Phi) is 5.12. The number of nitrogens with two attached hydrogens (primary N) is 1. The highest BCUT2D eigenvalue weighted by Crippen LogP contribution is 2.13. The van der Waals surface area contributed by atoms with E-state index in [0.29, 0.717) is 19.2 Å². The number of hydrogen-bond donors (Lipinski definition) is 1. The van der Waals surface area contributed by atoms with Crippen LogP contribution in [0.1, 0.15) is 37.7 Å². The van der Waals surface area contributed by atoms with Gasteiger partial charge < -0.3 is 10.5 Å². The third kappa shape index (κ3) is 3.81. The molecular formula is C15H22N4O. The first-order valence-electron chi connectivity index (χ1n) is 7.04. The van der Waals surface area contributed by atoms with Gasteiger partial charge in [-0.3, -0.25) is 9.67 Å². The molecule has 0 aliphatic carbocycles. The summed E-state index contributed by atoms with van der Waals surface area (Å²) in [4.78, 5) is 4.30. The second-order valence-electron chi connectivity index (χ2n) is 4.86. The monoisotopic (exact) mass is 274 g/mol. The minimum absolute atomic E-state index is 0.418. The third-order valence-corrected chi connectivity index (χ3v) is 3.29. The van der Waals surface area contributed by atoms with Gasteiger partial charge in [0.15, 0.2) is 0 Å². The molecule has 2 aromatic rings. The molecule has 0 saturated carbocycles. The van der Waals surface area contributed by atoms with Gasteiger partial charge in [-0.2, -0.15) is 5.10 Å². The fourth-order valence-electron chi connectivity index (χ4n) is 1.84. The maximum Gasteiger partial charge on any atom is 0.138 e. The predicted molar refractivity (Wildman–Crippen MR) is 78.6 cm³/mol. The van der Waals surface area contributed by atoms with Crippen molar-refractivity contribution in [2.75, 3.05) is 6.54 Å². The van der Waals surface area contributed by atoms with E-state index in [1.165, 1.54) is 0 Å². The van der Waals surface area contributed by atoms with Crippen LogP contribution in [-0.2, 0) is 13.0 Å². The van der Waals surface area contributed by atoms with E-state index in [1.807, 2.05) is 29.1 Å². The zero-order valence-corrected chi connectivity index (χ0v) is 12.1. The van der Waals surface area contributed by atoms with Crippen molar-refractivity contribution in [2.24, 2.45) is 5.73 Å². The highest BCUT2D eigenvalue weighted by molar-refractivity contribution is 5.20. The van der Waals surface area contributed by atoms with Gasteiger partial charge in [0.1, 0.15) is 12.4 Å². The Bertz CT molecular complexity index is 521. The van der Waals surface area contributed by atoms with Gasteiger partial charge in [-0.05, 0) is 38.1 Å². The number of nitrogens with zero attached hydrogens (tertiary/aromatic N) is 3. The van der Waals surface area contributed by atoms with Crippen molar-refractivity contribution in [3.05, 3.63) is 42.0 Å². The minimum atomic E-state index is 0.418. The van der Waals surface area contributed by atoms with Gasteiger partial charge in [0.2, 0.25) is 0 Å². The average Bonchev–Trinajstić information content (AvgIpc) is 2.95. The van der Waals surface area contributed by atoms with Crippen LogP contribution in [0, 0.1) is 0 Å². The van der Waals surface area contributed by atoms with E-state index in [9.17, 15) is 0 Å². The number of rotatable bonds is 7. The van der Waals surface area contributed by atoms with E-state index in [0.717, 1.165) is 30.0 Å². The maximum atomic E-state index is 5.68. The van der Waals surface area contributed by atoms with Crippen LogP contribution in [-0.4, -0.2) is 21.3 Å². The fourth-order valence-corrected chi connectivity index (χ4v) is 1.84. The van der Waals surface area contributed by atoms with Crippen LogP contribution in [0.3, 0.4) is 0 Å². The summed E-state index contributed by atoms with van der Waals surface area (Å²) < 4.78 is 7.66. The normalized spacial score (nSPS) is 12.3. The van der Waals surface area contributed by atoms with Crippen LogP contribution in [0.2, 0.25) is 0 Å². The van der Waals surface area contributed by atoms with Crippen molar-refractivity contribution >= 4 is 0 Å². The Hall–Kier alpha value is -1.88. The van der Waals surface area contributed by atoms with Gasteiger partial charge in [0.05, 0.1) is 11.9 Å². The number of pyridine rings is 1. The minimum Gasteiger partial charge on any atom is -0.486 e. The Morgan fingerprint density at radius 1 is 1.30 bits per heavy atom. The summed E-state index contributed by atoms with van der Waals surface area (Å²) in [6.45, 7) is 5.37. The summed E-state index contributed by atoms with van der Waals surface area (Å²) in [6, 6.07) is 6.27. The van der Waals surface area contributed by atoms with Gasteiger partial charge in [0, 0.05) is 24.4 Å². The SMILES string of the molecule is CCC(C)n1ccc(COc2ccc(CCN)nc2)n1. The van der Waals surface area contributed by atoms with Gasteiger partial charge >= 0.3 is 0 Å². The third-order valence-electron chi connectivity index (χ3n) is 3.29. The first-order chi connectivity index (χ1) is 9.72. The first-order valence-corrected chi connectivity index (χ1v) is 7.04. The van der Waals surface area contributed by atoms with E-state index in [-0.39, 0.29) is 0 Å². The zero-order chi connectivity index (χ0) is 14.4. The summed E-state index contributed by atoms with van der Waals surface area (Å²) in [5, 5.41) is 4.50. The second kappa shape index (κ2) is 7.05. The number of ether oxygens (including phenoxy) is 1. The van der Waals surface area contributed by atoms with Crippen molar-refractivity contribution in [3.63, 3.8) is 0 Å². The lowest BCUT2D eigenvalue weighted by atomic mass is 10.3. The van der Waals surface area contributed by atoms with Gasteiger partial charge in [0.25, 0.3) is 0 Å². The van der Waals surface area contributed by atoms with Gasteiger partial charge in [-0.15, -0.1) is 0 Å². The molecule has 0 fully saturated rings. The predicted octanol–water partition coefficient (Wildman–Crippen LogP) is 2.33. The second-order valence-corrected chi connectivity index (χ2v) is 4.86. The molecule has 1 unspecified atom stereocenters. The molecule has 0 aromatic carbocycles. The molecule has 2 N–H and O–H groups in total. The van der Waals surface area contributed by atoms with Crippen LogP contribution >= 0.6 is 0 Å². The average molecular weight is 274 g/mol. The van der Waals surface area contributed by atoms with E-state index >= 15 is 0 Å². The van der Waals surface area contributed by atoms with Crippen LogP contribution in [0.15, 0.2) is 30.6 Å². The van der Waals surface area contributed by atoms with Crippen LogP contribution in [0.4, 0.5) is 0 Å². The maximum absolute atomic E-state index is 5.68. The molecule has 2 rings (SSSR count). The molecule has 1 atom stereocenters. The Morgan fingerprint density at radius 2 is 2.15 bits per heavy atom. The van der Waals surface area contributed by atoms with Crippen molar-refractivity contribution in [1.82, 2.24) is 14.8 Å². The van der Waals surface area contributed by atoms with Crippen molar-refractivity contribution in [3.8, 4) is 5.75 Å². The molecule has 0 radical (unpaired) electrons. The number of aromatic nitrogens is 3. The molecule has 5 nitrogen and oxygen atoms in total. The molecule has 0 spiro atoms. The molecule has 108 valence electrons. The van der Waals surface area contributed by atoms with Gasteiger partial charge in [-0.25, -0.2) is 0 Å². The lowest BCUT2D eigenvalue weighted by Crippen LogP contribution is -2.06. The molecule has 0 aliphatic rings. The number of hydrogen-bond acceptors (Lipinski definition) is 4. The smallest absolute Gasteiger partial charge is 0.138 e. The van der Waals surface area contributed by atoms with E-state index < -0.39 is 0 Å². The zero-order valence-electron chi connectivity index (χ0n) is 12.1. The van der Waals surface area contributed by atoms with E-state index in [1.54, 1.807) is 6.20 Å². The summed E-state index contributed by atoms with van der Waals surface area (Å²) in [5.74, 6) is 0.754. The largest absolute Gasteiger partial charge is 0.486 e. The topological polar surface area (TPSA) is 66.0 Å². The van der Waals surface area contributed by atoms with Crippen LogP contribution in [0.5, 0.6) is 5.75 Å². The first kappa shape index (κ1) is 14.5. The van der Waals surface area contributed by atoms with Crippen LogP contribution < -0.4 is 10.5 Å². The Labute approximate surface area is 119 Å². The summed E-state index contributed by atoms with van der Waals surface area (Å²) in [6.07, 6.45) is 5.58. The standard InChI is InChI=1S/C15H22N4O/c1-3-12(2)19-9-7-14(18-19)11-20-15-5-4-13(6-8-16)17-10-15/h4-5,7,9-10,12H,3,6,8,11,16H2,1-2H3. The molecular weight excluding hydrogens is 252 g/mol. The lowest BCUT2D eigenvalue weighted by Gasteiger charge is -2.08. The highest BCUT2D eigenvalue weighted by atomic mass is 16.5. The molecule has 0 amide bonds. The molecule has 5 heteroatoms. The molecule has 20 heavy (non-hydrogen) atoms. The quantitative estimate of drug-likeness (QED) is 0.841. The molecule has 2 aromatic heterocycles. The van der Waals surface area contributed by atoms with Crippen LogP contribution in [0.25, 0.3) is 0 Å².